The third-order valence-electron chi connectivity index (χ3n) is 2.81. The van der Waals surface area contributed by atoms with Crippen molar-refractivity contribution in [1.29, 1.82) is 0 Å². The Morgan fingerprint density at radius 3 is 2.78 bits per heavy atom. The van der Waals surface area contributed by atoms with Gasteiger partial charge < -0.3 is 4.74 Å². The zero-order valence-corrected chi connectivity index (χ0v) is 11.2. The van der Waals surface area contributed by atoms with E-state index in [-0.39, 0.29) is 5.78 Å². The molecular weight excluding hydrogens is 244 g/mol. The largest absolute Gasteiger partial charge is 0.496 e. The van der Waals surface area contributed by atoms with E-state index in [1.807, 2.05) is 35.7 Å². The zero-order chi connectivity index (χ0) is 12.8. The minimum absolute atomic E-state index is 0.257. The van der Waals surface area contributed by atoms with Crippen LogP contribution >= 0.6 is 11.3 Å². The summed E-state index contributed by atoms with van der Waals surface area (Å²) in [6, 6.07) is 11.8. The lowest BCUT2D eigenvalue weighted by Gasteiger charge is -2.07. The van der Waals surface area contributed by atoms with Crippen molar-refractivity contribution < 1.29 is 9.53 Å². The van der Waals surface area contributed by atoms with Crippen LogP contribution in [0.2, 0.25) is 0 Å². The molecule has 94 valence electrons. The van der Waals surface area contributed by atoms with Crippen molar-refractivity contribution in [2.24, 2.45) is 0 Å². The molecule has 0 aliphatic carbocycles. The van der Waals surface area contributed by atoms with Gasteiger partial charge in [-0.1, -0.05) is 24.3 Å². The van der Waals surface area contributed by atoms with Gasteiger partial charge in [0.05, 0.1) is 7.11 Å². The smallest absolute Gasteiger partial charge is 0.137 e. The van der Waals surface area contributed by atoms with Crippen molar-refractivity contribution in [1.82, 2.24) is 0 Å². The van der Waals surface area contributed by atoms with Crippen LogP contribution in [0.1, 0.15) is 16.9 Å². The molecule has 0 aliphatic heterocycles. The molecule has 3 heteroatoms. The summed E-state index contributed by atoms with van der Waals surface area (Å²) >= 11 is 1.70. The molecule has 0 atom stereocenters. The Labute approximate surface area is 111 Å². The van der Waals surface area contributed by atoms with Gasteiger partial charge in [-0.15, -0.1) is 11.3 Å². The van der Waals surface area contributed by atoms with E-state index in [0.717, 1.165) is 17.7 Å². The van der Waals surface area contributed by atoms with Crippen molar-refractivity contribution >= 4 is 17.1 Å². The van der Waals surface area contributed by atoms with Crippen LogP contribution in [0.15, 0.2) is 41.8 Å². The Kier molecular flexibility index (Phi) is 4.53. The number of hydrogen-bond donors (Lipinski definition) is 0. The third kappa shape index (κ3) is 3.44. The Balaban J connectivity index is 1.90. The van der Waals surface area contributed by atoms with Crippen LogP contribution in [0.3, 0.4) is 0 Å². The molecule has 0 saturated carbocycles. The molecule has 1 heterocycles. The Bertz CT molecular complexity index is 503. The van der Waals surface area contributed by atoms with Crippen LogP contribution in [0.4, 0.5) is 0 Å². The van der Waals surface area contributed by atoms with Crippen LogP contribution < -0.4 is 4.74 Å². The molecule has 0 saturated heterocycles. The summed E-state index contributed by atoms with van der Waals surface area (Å²) in [5.74, 6) is 1.05. The average Bonchev–Trinajstić information content (AvgIpc) is 2.90. The topological polar surface area (TPSA) is 26.3 Å². The fourth-order valence-corrected chi connectivity index (χ4v) is 2.58. The highest BCUT2D eigenvalue weighted by atomic mass is 32.1. The minimum Gasteiger partial charge on any atom is -0.496 e. The number of hydrogen-bond acceptors (Lipinski definition) is 3. The fourth-order valence-electron chi connectivity index (χ4n) is 1.87. The highest BCUT2D eigenvalue weighted by molar-refractivity contribution is 7.09. The van der Waals surface area contributed by atoms with Gasteiger partial charge in [0, 0.05) is 23.3 Å². The minimum atomic E-state index is 0.257. The standard InChI is InChI=1S/C15H16O2S/c1-17-15-7-3-2-5-12(15)11-13(16)8-9-14-6-4-10-18-14/h2-7,10H,8-9,11H2,1H3. The van der Waals surface area contributed by atoms with Crippen LogP contribution in [0.25, 0.3) is 0 Å². The predicted molar refractivity (Wildman–Crippen MR) is 74.3 cm³/mol. The number of para-hydroxylation sites is 1. The van der Waals surface area contributed by atoms with Crippen molar-refractivity contribution in [3.8, 4) is 5.75 Å². The number of carbonyl (C=O) groups excluding carboxylic acids is 1. The van der Waals surface area contributed by atoms with Crippen molar-refractivity contribution in [3.63, 3.8) is 0 Å². The van der Waals surface area contributed by atoms with Gasteiger partial charge in [-0.25, -0.2) is 0 Å². The van der Waals surface area contributed by atoms with Gasteiger partial charge >= 0.3 is 0 Å². The first-order valence-electron chi connectivity index (χ1n) is 5.95. The van der Waals surface area contributed by atoms with Gasteiger partial charge in [0.1, 0.15) is 11.5 Å². The Morgan fingerprint density at radius 1 is 1.22 bits per heavy atom. The molecule has 0 N–H and O–H groups in total. The monoisotopic (exact) mass is 260 g/mol. The number of carbonyl (C=O) groups is 1. The van der Waals surface area contributed by atoms with E-state index in [9.17, 15) is 4.79 Å². The van der Waals surface area contributed by atoms with Gasteiger partial charge in [0.15, 0.2) is 0 Å². The third-order valence-corrected chi connectivity index (χ3v) is 3.75. The summed E-state index contributed by atoms with van der Waals surface area (Å²) in [6.07, 6.45) is 1.89. The van der Waals surface area contributed by atoms with E-state index >= 15 is 0 Å². The van der Waals surface area contributed by atoms with Crippen LogP contribution in [-0.2, 0) is 17.6 Å². The van der Waals surface area contributed by atoms with Crippen molar-refractivity contribution in [2.75, 3.05) is 7.11 Å². The van der Waals surface area contributed by atoms with Gasteiger partial charge in [0.2, 0.25) is 0 Å². The van der Waals surface area contributed by atoms with Gasteiger partial charge in [0.25, 0.3) is 0 Å². The summed E-state index contributed by atoms with van der Waals surface area (Å²) in [6.45, 7) is 0. The Morgan fingerprint density at radius 2 is 2.06 bits per heavy atom. The van der Waals surface area contributed by atoms with Crippen LogP contribution in [-0.4, -0.2) is 12.9 Å². The number of methoxy groups -OCH3 is 1. The summed E-state index contributed by atoms with van der Waals surface area (Å²) in [5.41, 5.74) is 0.969. The maximum Gasteiger partial charge on any atom is 0.137 e. The highest BCUT2D eigenvalue weighted by Crippen LogP contribution is 2.19. The summed E-state index contributed by atoms with van der Waals surface area (Å²) in [5, 5.41) is 2.04. The summed E-state index contributed by atoms with van der Waals surface area (Å²) in [7, 11) is 1.63. The molecular formula is C15H16O2S. The first-order chi connectivity index (χ1) is 8.79. The second kappa shape index (κ2) is 6.36. The SMILES string of the molecule is COc1ccccc1CC(=O)CCc1cccs1. The number of thiophene rings is 1. The van der Waals surface area contributed by atoms with Gasteiger partial charge in [-0.05, 0) is 23.9 Å². The average molecular weight is 260 g/mol. The number of ether oxygens (including phenoxy) is 1. The van der Waals surface area contributed by atoms with Crippen LogP contribution in [0.5, 0.6) is 5.75 Å². The van der Waals surface area contributed by atoms with E-state index in [0.29, 0.717) is 12.8 Å². The molecule has 2 aromatic rings. The second-order valence-electron chi connectivity index (χ2n) is 4.11. The molecule has 0 fully saturated rings. The molecule has 0 amide bonds. The van der Waals surface area contributed by atoms with Crippen LogP contribution in [0, 0.1) is 0 Å². The molecule has 0 unspecified atom stereocenters. The van der Waals surface area contributed by atoms with E-state index in [4.69, 9.17) is 4.74 Å². The predicted octanol–water partition coefficient (Wildman–Crippen LogP) is 3.50. The van der Waals surface area contributed by atoms with E-state index in [1.165, 1.54) is 4.88 Å². The van der Waals surface area contributed by atoms with E-state index in [1.54, 1.807) is 18.4 Å². The van der Waals surface area contributed by atoms with Gasteiger partial charge in [-0.2, -0.15) is 0 Å². The quantitative estimate of drug-likeness (QED) is 0.794. The van der Waals surface area contributed by atoms with Crippen molar-refractivity contribution in [3.05, 3.63) is 52.2 Å². The lowest BCUT2D eigenvalue weighted by Crippen LogP contribution is -2.05. The summed E-state index contributed by atoms with van der Waals surface area (Å²) in [4.78, 5) is 13.2. The molecule has 0 aliphatic rings. The number of aryl methyl sites for hydroxylation is 1. The van der Waals surface area contributed by atoms with Crippen molar-refractivity contribution in [2.45, 2.75) is 19.3 Å². The van der Waals surface area contributed by atoms with Gasteiger partial charge in [-0.3, -0.25) is 4.79 Å². The molecule has 0 radical (unpaired) electrons. The maximum atomic E-state index is 11.9. The first kappa shape index (κ1) is 12.8. The second-order valence-corrected chi connectivity index (χ2v) is 5.14. The molecule has 2 rings (SSSR count). The lowest BCUT2D eigenvalue weighted by molar-refractivity contribution is -0.118. The molecule has 2 nitrogen and oxygen atoms in total. The normalized spacial score (nSPS) is 10.3. The molecule has 18 heavy (non-hydrogen) atoms. The molecule has 0 bridgehead atoms. The number of rotatable bonds is 6. The lowest BCUT2D eigenvalue weighted by atomic mass is 10.0. The number of Topliss-reactive ketones (excluding diaryl/α,β-unsaturated/α-hetero) is 1. The summed E-state index contributed by atoms with van der Waals surface area (Å²) < 4.78 is 5.25. The number of ketones is 1. The highest BCUT2D eigenvalue weighted by Gasteiger charge is 2.08. The van der Waals surface area contributed by atoms with E-state index in [2.05, 4.69) is 6.07 Å². The van der Waals surface area contributed by atoms with E-state index < -0.39 is 0 Å². The molecule has 1 aromatic carbocycles. The first-order valence-corrected chi connectivity index (χ1v) is 6.83. The molecule has 0 spiro atoms. The molecule has 1 aromatic heterocycles. The zero-order valence-electron chi connectivity index (χ0n) is 10.4. The number of benzene rings is 1. The fraction of sp³-hybridized carbons (Fsp3) is 0.267. The Hall–Kier alpha value is -1.61. The maximum absolute atomic E-state index is 11.9.